The van der Waals surface area contributed by atoms with E-state index in [9.17, 15) is 4.79 Å². The van der Waals surface area contributed by atoms with Gasteiger partial charge >= 0.3 is 0 Å². The van der Waals surface area contributed by atoms with Gasteiger partial charge in [0.1, 0.15) is 0 Å². The van der Waals surface area contributed by atoms with Crippen molar-refractivity contribution < 1.29 is 4.79 Å². The van der Waals surface area contributed by atoms with E-state index in [0.717, 1.165) is 30.8 Å². The molecule has 0 spiro atoms. The molecule has 1 nitrogen and oxygen atoms in total. The van der Waals surface area contributed by atoms with Crippen LogP contribution >= 0.6 is 0 Å². The van der Waals surface area contributed by atoms with Gasteiger partial charge in [-0.2, -0.15) is 0 Å². The predicted molar refractivity (Wildman–Crippen MR) is 67.3 cm³/mol. The maximum Gasteiger partial charge on any atom is 0.161 e. The molecule has 0 saturated heterocycles. The second-order valence-corrected chi connectivity index (χ2v) is 5.43. The first-order chi connectivity index (χ1) is 7.83. The van der Waals surface area contributed by atoms with Crippen molar-refractivity contribution in [3.8, 4) is 0 Å². The molecule has 16 heavy (non-hydrogen) atoms. The molecular weight excluding hydrogens is 196 g/mol. The lowest BCUT2D eigenvalue weighted by molar-refractivity contribution is -0.119. The predicted octanol–water partition coefficient (Wildman–Crippen LogP) is 4.27. The SMILES string of the molecule is CCCC/C=C1/CCC(C2CCCC2)C1=O. The van der Waals surface area contributed by atoms with Crippen LogP contribution in [0.1, 0.15) is 64.7 Å². The molecule has 0 aromatic heterocycles. The number of Topliss-reactive ketones (excluding diaryl/α,β-unsaturated/α-hetero) is 1. The van der Waals surface area contributed by atoms with Crippen molar-refractivity contribution in [3.63, 3.8) is 0 Å². The molecular formula is C15H24O. The molecule has 0 radical (unpaired) electrons. The zero-order valence-corrected chi connectivity index (χ0v) is 10.5. The minimum absolute atomic E-state index is 0.398. The van der Waals surface area contributed by atoms with Gasteiger partial charge in [0, 0.05) is 5.92 Å². The highest BCUT2D eigenvalue weighted by Crippen LogP contribution is 2.40. The second-order valence-electron chi connectivity index (χ2n) is 5.43. The zero-order valence-electron chi connectivity index (χ0n) is 10.5. The summed E-state index contributed by atoms with van der Waals surface area (Å²) in [5.74, 6) is 1.63. The topological polar surface area (TPSA) is 17.1 Å². The van der Waals surface area contributed by atoms with Gasteiger partial charge in [-0.1, -0.05) is 38.7 Å². The Kier molecular flexibility index (Phi) is 4.20. The third kappa shape index (κ3) is 2.56. The Morgan fingerprint density at radius 1 is 1.25 bits per heavy atom. The summed E-state index contributed by atoms with van der Waals surface area (Å²) in [6, 6.07) is 0. The van der Waals surface area contributed by atoms with Gasteiger partial charge in [-0.3, -0.25) is 4.79 Å². The van der Waals surface area contributed by atoms with Gasteiger partial charge in [0.2, 0.25) is 0 Å². The number of hydrogen-bond donors (Lipinski definition) is 0. The number of unbranched alkanes of at least 4 members (excludes halogenated alkanes) is 2. The molecule has 0 heterocycles. The Morgan fingerprint density at radius 2 is 2.00 bits per heavy atom. The van der Waals surface area contributed by atoms with E-state index in [1.54, 1.807) is 0 Å². The lowest BCUT2D eigenvalue weighted by Gasteiger charge is -2.15. The largest absolute Gasteiger partial charge is 0.294 e. The van der Waals surface area contributed by atoms with Crippen molar-refractivity contribution in [1.29, 1.82) is 0 Å². The van der Waals surface area contributed by atoms with Crippen LogP contribution in [0.4, 0.5) is 0 Å². The van der Waals surface area contributed by atoms with E-state index in [1.807, 2.05) is 0 Å². The Hall–Kier alpha value is -0.590. The molecule has 90 valence electrons. The highest BCUT2D eigenvalue weighted by Gasteiger charge is 2.36. The van der Waals surface area contributed by atoms with Crippen LogP contribution in [0.5, 0.6) is 0 Å². The van der Waals surface area contributed by atoms with Crippen LogP contribution in [0.15, 0.2) is 11.6 Å². The van der Waals surface area contributed by atoms with Crippen molar-refractivity contribution in [3.05, 3.63) is 11.6 Å². The first kappa shape index (κ1) is 11.9. The Balaban J connectivity index is 1.90. The van der Waals surface area contributed by atoms with Crippen LogP contribution in [-0.2, 0) is 4.79 Å². The average Bonchev–Trinajstić information content (AvgIpc) is 2.89. The summed E-state index contributed by atoms with van der Waals surface area (Å²) in [5, 5.41) is 0. The number of allylic oxidation sites excluding steroid dienone is 2. The van der Waals surface area contributed by atoms with Crippen molar-refractivity contribution >= 4 is 5.78 Å². The molecule has 0 aromatic carbocycles. The molecule has 0 bridgehead atoms. The molecule has 0 aliphatic heterocycles. The minimum Gasteiger partial charge on any atom is -0.294 e. The van der Waals surface area contributed by atoms with Crippen molar-refractivity contribution in [2.24, 2.45) is 11.8 Å². The molecule has 2 saturated carbocycles. The summed E-state index contributed by atoms with van der Waals surface area (Å²) in [6.45, 7) is 2.20. The quantitative estimate of drug-likeness (QED) is 0.510. The van der Waals surface area contributed by atoms with Crippen LogP contribution < -0.4 is 0 Å². The van der Waals surface area contributed by atoms with Crippen LogP contribution in [0.25, 0.3) is 0 Å². The fourth-order valence-corrected chi connectivity index (χ4v) is 3.30. The number of ketones is 1. The summed E-state index contributed by atoms with van der Waals surface area (Å²) in [6.07, 6.45) is 13.3. The van der Waals surface area contributed by atoms with E-state index in [1.165, 1.54) is 38.5 Å². The molecule has 2 aliphatic rings. The summed E-state index contributed by atoms with van der Waals surface area (Å²) in [7, 11) is 0. The fraction of sp³-hybridized carbons (Fsp3) is 0.800. The highest BCUT2D eigenvalue weighted by molar-refractivity contribution is 5.99. The molecule has 2 fully saturated rings. The van der Waals surface area contributed by atoms with Crippen LogP contribution in [0, 0.1) is 11.8 Å². The fourth-order valence-electron chi connectivity index (χ4n) is 3.30. The second kappa shape index (κ2) is 5.65. The third-order valence-electron chi connectivity index (χ3n) is 4.30. The molecule has 2 rings (SSSR count). The van der Waals surface area contributed by atoms with Gasteiger partial charge in [-0.05, 0) is 43.6 Å². The average molecular weight is 220 g/mol. The van der Waals surface area contributed by atoms with Gasteiger partial charge in [-0.15, -0.1) is 0 Å². The van der Waals surface area contributed by atoms with Crippen LogP contribution in [0.3, 0.4) is 0 Å². The van der Waals surface area contributed by atoms with Crippen LogP contribution in [-0.4, -0.2) is 5.78 Å². The molecule has 0 N–H and O–H groups in total. The van der Waals surface area contributed by atoms with Crippen molar-refractivity contribution in [2.75, 3.05) is 0 Å². The monoisotopic (exact) mass is 220 g/mol. The van der Waals surface area contributed by atoms with E-state index in [0.29, 0.717) is 11.7 Å². The summed E-state index contributed by atoms with van der Waals surface area (Å²) in [5.41, 5.74) is 1.16. The molecule has 1 unspecified atom stereocenters. The number of rotatable bonds is 4. The normalized spacial score (nSPS) is 29.4. The highest BCUT2D eigenvalue weighted by atomic mass is 16.1. The van der Waals surface area contributed by atoms with Crippen LogP contribution in [0.2, 0.25) is 0 Å². The molecule has 1 atom stereocenters. The molecule has 0 aromatic rings. The third-order valence-corrected chi connectivity index (χ3v) is 4.30. The Morgan fingerprint density at radius 3 is 2.69 bits per heavy atom. The van der Waals surface area contributed by atoms with Gasteiger partial charge in [0.05, 0.1) is 0 Å². The number of hydrogen-bond acceptors (Lipinski definition) is 1. The maximum absolute atomic E-state index is 12.2. The maximum atomic E-state index is 12.2. The smallest absolute Gasteiger partial charge is 0.161 e. The summed E-state index contributed by atoms with van der Waals surface area (Å²) >= 11 is 0. The zero-order chi connectivity index (χ0) is 11.4. The molecule has 1 heteroatoms. The first-order valence-electron chi connectivity index (χ1n) is 7.06. The first-order valence-corrected chi connectivity index (χ1v) is 7.06. The standard InChI is InChI=1S/C15H24O/c1-2-3-4-9-13-10-11-14(15(13)16)12-7-5-6-8-12/h9,12,14H,2-8,10-11H2,1H3/b13-9-. The van der Waals surface area contributed by atoms with E-state index in [2.05, 4.69) is 13.0 Å². The number of carbonyl (C=O) groups is 1. The van der Waals surface area contributed by atoms with E-state index in [4.69, 9.17) is 0 Å². The lowest BCUT2D eigenvalue weighted by Crippen LogP contribution is -2.16. The van der Waals surface area contributed by atoms with Gasteiger partial charge < -0.3 is 0 Å². The van der Waals surface area contributed by atoms with E-state index >= 15 is 0 Å². The van der Waals surface area contributed by atoms with Gasteiger partial charge in [0.25, 0.3) is 0 Å². The lowest BCUT2D eigenvalue weighted by atomic mass is 9.88. The summed E-state index contributed by atoms with van der Waals surface area (Å²) in [4.78, 5) is 12.2. The van der Waals surface area contributed by atoms with Crippen molar-refractivity contribution in [2.45, 2.75) is 64.7 Å². The number of carbonyl (C=O) groups excluding carboxylic acids is 1. The Bertz CT molecular complexity index is 271. The van der Waals surface area contributed by atoms with Gasteiger partial charge in [0.15, 0.2) is 5.78 Å². The Labute approximate surface area is 99.3 Å². The van der Waals surface area contributed by atoms with E-state index < -0.39 is 0 Å². The molecule has 0 amide bonds. The minimum atomic E-state index is 0.398. The summed E-state index contributed by atoms with van der Waals surface area (Å²) < 4.78 is 0. The van der Waals surface area contributed by atoms with Crippen molar-refractivity contribution in [1.82, 2.24) is 0 Å². The molecule has 2 aliphatic carbocycles. The van der Waals surface area contributed by atoms with Gasteiger partial charge in [-0.25, -0.2) is 0 Å². The van der Waals surface area contributed by atoms with E-state index in [-0.39, 0.29) is 0 Å².